The fourth-order valence-corrected chi connectivity index (χ4v) is 7.23. The molecule has 9 nitrogen and oxygen atoms in total. The Labute approximate surface area is 275 Å². The molecule has 1 atom stereocenters. The van der Waals surface area contributed by atoms with Crippen LogP contribution in [0.4, 0.5) is 10.7 Å². The molecule has 4 aromatic rings. The van der Waals surface area contributed by atoms with Gasteiger partial charge in [-0.2, -0.15) is 0 Å². The van der Waals surface area contributed by atoms with E-state index < -0.39 is 23.0 Å². The predicted molar refractivity (Wildman–Crippen MR) is 181 cm³/mol. The second-order valence-corrected chi connectivity index (χ2v) is 13.1. The third-order valence-corrected chi connectivity index (χ3v) is 9.57. The van der Waals surface area contributed by atoms with Crippen molar-refractivity contribution in [3.05, 3.63) is 106 Å². The van der Waals surface area contributed by atoms with Crippen molar-refractivity contribution in [2.45, 2.75) is 56.1 Å². The normalized spacial score (nSPS) is 13.6. The molecule has 1 aliphatic rings. The van der Waals surface area contributed by atoms with E-state index in [1.165, 1.54) is 35.4 Å². The number of benzene rings is 2. The second-order valence-electron chi connectivity index (χ2n) is 10.6. The van der Waals surface area contributed by atoms with Crippen LogP contribution in [0.1, 0.15) is 70.0 Å². The number of hydrogen-bond donors (Lipinski definition) is 3. The maximum atomic E-state index is 13.3. The lowest BCUT2D eigenvalue weighted by atomic mass is 10.1. The molecule has 2 aromatic heterocycles. The SMILES string of the molecule is CCOC(=O)c1c(NC(=O)C(C)Sc2cccc(NC(=O)/C(=C/c3ccco3)NC(=O)c3ccccc3)c2)sc2c1CCCCC2. The van der Waals surface area contributed by atoms with Crippen molar-refractivity contribution in [3.63, 3.8) is 0 Å². The summed E-state index contributed by atoms with van der Waals surface area (Å²) in [5.74, 6) is -1.23. The van der Waals surface area contributed by atoms with Gasteiger partial charge in [-0.3, -0.25) is 14.4 Å². The van der Waals surface area contributed by atoms with E-state index in [9.17, 15) is 19.2 Å². The largest absolute Gasteiger partial charge is 0.465 e. The summed E-state index contributed by atoms with van der Waals surface area (Å²) >= 11 is 2.79. The van der Waals surface area contributed by atoms with Crippen molar-refractivity contribution in [1.29, 1.82) is 0 Å². The highest BCUT2D eigenvalue weighted by molar-refractivity contribution is 8.00. The van der Waals surface area contributed by atoms with Crippen LogP contribution in [0.3, 0.4) is 0 Å². The second kappa shape index (κ2) is 15.6. The van der Waals surface area contributed by atoms with Crippen molar-refractivity contribution in [1.82, 2.24) is 5.32 Å². The number of esters is 1. The molecule has 0 bridgehead atoms. The van der Waals surface area contributed by atoms with E-state index in [1.54, 1.807) is 74.5 Å². The number of nitrogens with one attached hydrogen (secondary N) is 3. The maximum Gasteiger partial charge on any atom is 0.341 e. The van der Waals surface area contributed by atoms with Gasteiger partial charge in [-0.25, -0.2) is 4.79 Å². The number of thioether (sulfide) groups is 1. The highest BCUT2D eigenvalue weighted by Crippen LogP contribution is 2.38. The summed E-state index contributed by atoms with van der Waals surface area (Å²) in [5.41, 5.74) is 2.37. The average Bonchev–Trinajstić information content (AvgIpc) is 3.62. The number of ether oxygens (including phenoxy) is 1. The Kier molecular flexibility index (Phi) is 11.1. The zero-order valence-corrected chi connectivity index (χ0v) is 27.2. The zero-order valence-electron chi connectivity index (χ0n) is 25.6. The van der Waals surface area contributed by atoms with Gasteiger partial charge in [-0.15, -0.1) is 23.1 Å². The van der Waals surface area contributed by atoms with Crippen LogP contribution in [-0.2, 0) is 27.2 Å². The molecule has 0 spiro atoms. The van der Waals surface area contributed by atoms with E-state index in [4.69, 9.17) is 9.15 Å². The molecular formula is C35H35N3O6S2. The summed E-state index contributed by atoms with van der Waals surface area (Å²) in [6.07, 6.45) is 7.79. The van der Waals surface area contributed by atoms with Crippen LogP contribution >= 0.6 is 23.1 Å². The van der Waals surface area contributed by atoms with Crippen molar-refractivity contribution in [2.75, 3.05) is 17.2 Å². The Morgan fingerprint density at radius 2 is 1.78 bits per heavy atom. The van der Waals surface area contributed by atoms with Crippen molar-refractivity contribution >= 4 is 63.6 Å². The topological polar surface area (TPSA) is 127 Å². The van der Waals surface area contributed by atoms with Crippen molar-refractivity contribution in [2.24, 2.45) is 0 Å². The van der Waals surface area contributed by atoms with Crippen LogP contribution < -0.4 is 16.0 Å². The van der Waals surface area contributed by atoms with Crippen LogP contribution in [-0.4, -0.2) is 35.5 Å². The quantitative estimate of drug-likeness (QED) is 0.0668. The molecule has 0 saturated carbocycles. The number of anilines is 2. The smallest absolute Gasteiger partial charge is 0.341 e. The molecule has 5 rings (SSSR count). The lowest BCUT2D eigenvalue weighted by Gasteiger charge is -2.14. The number of carbonyl (C=O) groups excluding carboxylic acids is 4. The molecule has 1 aliphatic carbocycles. The zero-order chi connectivity index (χ0) is 32.5. The van der Waals surface area contributed by atoms with Crippen molar-refractivity contribution in [3.8, 4) is 0 Å². The first kappa shape index (κ1) is 32.8. The monoisotopic (exact) mass is 657 g/mol. The van der Waals surface area contributed by atoms with Crippen LogP contribution in [0.15, 0.2) is 88.0 Å². The van der Waals surface area contributed by atoms with Crippen LogP contribution in [0.5, 0.6) is 0 Å². The summed E-state index contributed by atoms with van der Waals surface area (Å²) in [7, 11) is 0. The lowest BCUT2D eigenvalue weighted by Crippen LogP contribution is -2.30. The van der Waals surface area contributed by atoms with Gasteiger partial charge < -0.3 is 25.1 Å². The van der Waals surface area contributed by atoms with Gasteiger partial charge in [0.25, 0.3) is 11.8 Å². The fourth-order valence-electron chi connectivity index (χ4n) is 5.02. The molecule has 2 aromatic carbocycles. The molecule has 0 radical (unpaired) electrons. The highest BCUT2D eigenvalue weighted by atomic mass is 32.2. The molecule has 0 saturated heterocycles. The molecule has 11 heteroatoms. The number of fused-ring (bicyclic) bond motifs is 1. The predicted octanol–water partition coefficient (Wildman–Crippen LogP) is 7.32. The van der Waals surface area contributed by atoms with Gasteiger partial charge in [-0.05, 0) is 87.6 Å². The minimum atomic E-state index is -0.544. The number of hydrogen-bond acceptors (Lipinski definition) is 8. The molecule has 0 aliphatic heterocycles. The number of carbonyl (C=O) groups is 4. The van der Waals surface area contributed by atoms with Crippen LogP contribution in [0, 0.1) is 0 Å². The van der Waals surface area contributed by atoms with Gasteiger partial charge in [0.15, 0.2) is 0 Å². The molecule has 3 N–H and O–H groups in total. The molecule has 2 heterocycles. The summed E-state index contributed by atoms with van der Waals surface area (Å²) in [5, 5.41) is 8.53. The summed E-state index contributed by atoms with van der Waals surface area (Å²) in [6.45, 7) is 3.82. The first-order valence-electron chi connectivity index (χ1n) is 15.1. The number of thiophene rings is 1. The number of furan rings is 1. The molecule has 238 valence electrons. The summed E-state index contributed by atoms with van der Waals surface area (Å²) in [4.78, 5) is 54.3. The number of amides is 3. The third kappa shape index (κ3) is 8.35. The first-order valence-corrected chi connectivity index (χ1v) is 16.8. The first-order chi connectivity index (χ1) is 22.3. The Morgan fingerprint density at radius 1 is 0.978 bits per heavy atom. The standard InChI is InChI=1S/C35H35N3O6S2/c1-3-43-35(42)30-27-17-8-5-9-18-29(27)46-34(30)38-31(39)22(2)45-26-16-10-14-24(20-26)36-33(41)28(21-25-15-11-19-44-25)37-32(40)23-12-6-4-7-13-23/h4,6-7,10-16,19-22H,3,5,8-9,17-18H2,1-2H3,(H,36,41)(H,37,40)(H,38,39)/b28-21-. The van der Waals surface area contributed by atoms with Gasteiger partial charge in [0.05, 0.1) is 23.7 Å². The van der Waals surface area contributed by atoms with Crippen LogP contribution in [0.2, 0.25) is 0 Å². The number of rotatable bonds is 11. The van der Waals surface area contributed by atoms with E-state index in [2.05, 4.69) is 16.0 Å². The maximum absolute atomic E-state index is 13.3. The van der Waals surface area contributed by atoms with E-state index in [-0.39, 0.29) is 18.2 Å². The summed E-state index contributed by atoms with van der Waals surface area (Å²) in [6, 6.07) is 19.0. The van der Waals surface area contributed by atoms with Gasteiger partial charge >= 0.3 is 5.97 Å². The molecule has 1 unspecified atom stereocenters. The number of aryl methyl sites for hydroxylation is 1. The summed E-state index contributed by atoms with van der Waals surface area (Å²) < 4.78 is 10.7. The van der Waals surface area contributed by atoms with Crippen LogP contribution in [0.25, 0.3) is 6.08 Å². The van der Waals surface area contributed by atoms with Gasteiger partial charge in [-0.1, -0.05) is 30.7 Å². The van der Waals surface area contributed by atoms with Gasteiger partial charge in [0, 0.05) is 27.1 Å². The minimum absolute atomic E-state index is 0.00126. The minimum Gasteiger partial charge on any atom is -0.465 e. The van der Waals surface area contributed by atoms with E-state index in [0.717, 1.165) is 47.4 Å². The van der Waals surface area contributed by atoms with E-state index in [0.29, 0.717) is 27.6 Å². The van der Waals surface area contributed by atoms with E-state index >= 15 is 0 Å². The Hall–Kier alpha value is -4.61. The van der Waals surface area contributed by atoms with Gasteiger partial charge in [0.1, 0.15) is 16.5 Å². The van der Waals surface area contributed by atoms with Crippen molar-refractivity contribution < 1.29 is 28.3 Å². The Bertz CT molecular complexity index is 1730. The molecular weight excluding hydrogens is 623 g/mol. The average molecular weight is 658 g/mol. The fraction of sp³-hybridized carbons (Fsp3) is 0.257. The Balaban J connectivity index is 1.27. The molecule has 46 heavy (non-hydrogen) atoms. The molecule has 3 amide bonds. The third-order valence-electron chi connectivity index (χ3n) is 7.27. The lowest BCUT2D eigenvalue weighted by molar-refractivity contribution is -0.115. The van der Waals surface area contributed by atoms with E-state index in [1.807, 2.05) is 6.07 Å². The Morgan fingerprint density at radius 3 is 2.54 bits per heavy atom. The van der Waals surface area contributed by atoms with Gasteiger partial charge in [0.2, 0.25) is 5.91 Å². The highest BCUT2D eigenvalue weighted by Gasteiger charge is 2.28. The molecule has 0 fully saturated rings.